The molecule has 3 aromatic carbocycles. The van der Waals surface area contributed by atoms with Gasteiger partial charge in [-0.3, -0.25) is 4.98 Å². The maximum Gasteiger partial charge on any atom is 0.100 e. The zero-order valence-corrected chi connectivity index (χ0v) is 16.5. The highest BCUT2D eigenvalue weighted by atomic mass is 32.2. The monoisotopic (exact) mass is 378 g/mol. The fraction of sp³-hybridized carbons (Fsp3) is 0.120. The molecule has 0 saturated heterocycles. The van der Waals surface area contributed by atoms with E-state index < -0.39 is 0 Å². The molecular formula is C25H18N2S. The number of benzene rings is 3. The van der Waals surface area contributed by atoms with E-state index in [2.05, 4.69) is 73.4 Å². The number of aromatic nitrogens is 1. The minimum absolute atomic E-state index is 0.162. The fourth-order valence-electron chi connectivity index (χ4n) is 4.18. The van der Waals surface area contributed by atoms with Crippen molar-refractivity contribution in [3.8, 4) is 17.2 Å². The van der Waals surface area contributed by atoms with Crippen LogP contribution in [0.1, 0.15) is 30.5 Å². The number of fused-ring (bicyclic) bond motifs is 3. The highest BCUT2D eigenvalue weighted by molar-refractivity contribution is 7.99. The van der Waals surface area contributed by atoms with Gasteiger partial charge in [0, 0.05) is 33.0 Å². The normalized spacial score (nSPS) is 14.2. The minimum atomic E-state index is -0.162. The molecule has 0 aliphatic carbocycles. The smallest absolute Gasteiger partial charge is 0.100 e. The van der Waals surface area contributed by atoms with Crippen molar-refractivity contribution in [1.29, 1.82) is 5.26 Å². The van der Waals surface area contributed by atoms with Crippen LogP contribution in [-0.2, 0) is 5.41 Å². The highest BCUT2D eigenvalue weighted by Gasteiger charge is 2.35. The zero-order valence-electron chi connectivity index (χ0n) is 15.7. The summed E-state index contributed by atoms with van der Waals surface area (Å²) in [7, 11) is 0. The van der Waals surface area contributed by atoms with Crippen molar-refractivity contribution in [3.63, 3.8) is 0 Å². The van der Waals surface area contributed by atoms with Crippen LogP contribution in [0, 0.1) is 11.3 Å². The Kier molecular flexibility index (Phi) is 3.79. The molecule has 0 atom stereocenters. The largest absolute Gasteiger partial charge is 0.264 e. The van der Waals surface area contributed by atoms with Crippen LogP contribution in [-0.4, -0.2) is 4.98 Å². The molecule has 3 heteroatoms. The first-order valence-corrected chi connectivity index (χ1v) is 10.1. The molecule has 0 spiro atoms. The molecule has 2 heterocycles. The first kappa shape index (κ1) is 17.0. The zero-order chi connectivity index (χ0) is 19.3. The molecule has 0 bridgehead atoms. The topological polar surface area (TPSA) is 36.7 Å². The Morgan fingerprint density at radius 2 is 1.57 bits per heavy atom. The lowest BCUT2D eigenvalue weighted by atomic mass is 9.76. The third-order valence-electron chi connectivity index (χ3n) is 5.67. The lowest BCUT2D eigenvalue weighted by Crippen LogP contribution is -2.24. The maximum absolute atomic E-state index is 9.67. The van der Waals surface area contributed by atoms with Crippen molar-refractivity contribution in [2.45, 2.75) is 29.1 Å². The Labute approximate surface area is 168 Å². The summed E-state index contributed by atoms with van der Waals surface area (Å²) < 4.78 is 0. The third kappa shape index (κ3) is 2.38. The number of nitriles is 1. The average molecular weight is 379 g/mol. The summed E-state index contributed by atoms with van der Waals surface area (Å²) in [4.78, 5) is 6.59. The standard InChI is InChI=1S/C25H18N2S/c1-25(2)21-10-4-6-16(14-26)23(21)28-24-20(9-5-11-22(24)25)19-8-3-7-17-15-27-13-12-18(17)19/h3-13,15H,1-2H3. The summed E-state index contributed by atoms with van der Waals surface area (Å²) in [6.45, 7) is 4.50. The first-order valence-electron chi connectivity index (χ1n) is 9.29. The van der Waals surface area contributed by atoms with Gasteiger partial charge < -0.3 is 0 Å². The van der Waals surface area contributed by atoms with Gasteiger partial charge in [0.25, 0.3) is 0 Å². The van der Waals surface area contributed by atoms with Crippen LogP contribution in [0.2, 0.25) is 0 Å². The minimum Gasteiger partial charge on any atom is -0.264 e. The molecule has 1 aromatic heterocycles. The van der Waals surface area contributed by atoms with Crippen molar-refractivity contribution in [3.05, 3.63) is 89.7 Å². The number of nitrogens with zero attached hydrogens (tertiary/aromatic N) is 2. The molecule has 1 aliphatic rings. The van der Waals surface area contributed by atoms with Gasteiger partial charge in [0.05, 0.1) is 5.56 Å². The Hall–Kier alpha value is -3.09. The van der Waals surface area contributed by atoms with Crippen molar-refractivity contribution in [1.82, 2.24) is 4.98 Å². The van der Waals surface area contributed by atoms with Crippen LogP contribution in [0.4, 0.5) is 0 Å². The molecule has 0 radical (unpaired) electrons. The molecule has 0 N–H and O–H groups in total. The van der Waals surface area contributed by atoms with Crippen LogP contribution >= 0.6 is 11.8 Å². The van der Waals surface area contributed by atoms with Gasteiger partial charge in [-0.1, -0.05) is 74.1 Å². The Morgan fingerprint density at radius 1 is 0.857 bits per heavy atom. The second kappa shape index (κ2) is 6.22. The number of pyridine rings is 1. The summed E-state index contributed by atoms with van der Waals surface area (Å²) in [6.07, 6.45) is 3.76. The van der Waals surface area contributed by atoms with Crippen LogP contribution in [0.5, 0.6) is 0 Å². The lowest BCUT2D eigenvalue weighted by molar-refractivity contribution is 0.607. The van der Waals surface area contributed by atoms with Gasteiger partial charge in [-0.05, 0) is 39.8 Å². The van der Waals surface area contributed by atoms with E-state index in [1.807, 2.05) is 24.5 Å². The Bertz CT molecular complexity index is 1280. The molecule has 0 unspecified atom stereocenters. The van der Waals surface area contributed by atoms with Gasteiger partial charge in [-0.15, -0.1) is 0 Å². The van der Waals surface area contributed by atoms with Crippen LogP contribution in [0.15, 0.2) is 82.8 Å². The third-order valence-corrected chi connectivity index (χ3v) is 6.96. The van der Waals surface area contributed by atoms with E-state index in [0.29, 0.717) is 0 Å². The van der Waals surface area contributed by atoms with Gasteiger partial charge >= 0.3 is 0 Å². The van der Waals surface area contributed by atoms with E-state index in [4.69, 9.17) is 0 Å². The van der Waals surface area contributed by atoms with Crippen LogP contribution < -0.4 is 0 Å². The summed E-state index contributed by atoms with van der Waals surface area (Å²) in [5, 5.41) is 12.0. The highest BCUT2D eigenvalue weighted by Crippen LogP contribution is 2.53. The molecule has 2 nitrogen and oxygen atoms in total. The fourth-order valence-corrected chi connectivity index (χ4v) is 5.77. The number of hydrogen-bond donors (Lipinski definition) is 0. The Morgan fingerprint density at radius 3 is 2.39 bits per heavy atom. The van der Waals surface area contributed by atoms with E-state index in [9.17, 15) is 5.26 Å². The Balaban J connectivity index is 1.82. The number of hydrogen-bond acceptors (Lipinski definition) is 3. The molecule has 1 aliphatic heterocycles. The second-order valence-corrected chi connectivity index (χ2v) is 8.63. The van der Waals surface area contributed by atoms with Crippen LogP contribution in [0.25, 0.3) is 21.9 Å². The van der Waals surface area contributed by atoms with E-state index in [1.54, 1.807) is 11.8 Å². The van der Waals surface area contributed by atoms with Gasteiger partial charge in [0.15, 0.2) is 0 Å². The van der Waals surface area contributed by atoms with Crippen molar-refractivity contribution < 1.29 is 0 Å². The molecule has 0 fully saturated rings. The van der Waals surface area contributed by atoms with E-state index in [1.165, 1.54) is 32.5 Å². The van der Waals surface area contributed by atoms with Gasteiger partial charge in [0.2, 0.25) is 0 Å². The van der Waals surface area contributed by atoms with Crippen molar-refractivity contribution >= 4 is 22.5 Å². The van der Waals surface area contributed by atoms with Crippen LogP contribution in [0.3, 0.4) is 0 Å². The predicted molar refractivity (Wildman–Crippen MR) is 115 cm³/mol. The lowest BCUT2D eigenvalue weighted by Gasteiger charge is -2.36. The maximum atomic E-state index is 9.67. The van der Waals surface area contributed by atoms with Gasteiger partial charge in [-0.2, -0.15) is 5.26 Å². The van der Waals surface area contributed by atoms with Crippen molar-refractivity contribution in [2.75, 3.05) is 0 Å². The van der Waals surface area contributed by atoms with Gasteiger partial charge in [-0.25, -0.2) is 0 Å². The first-order chi connectivity index (χ1) is 13.6. The average Bonchev–Trinajstić information content (AvgIpc) is 2.73. The molecular weight excluding hydrogens is 360 g/mol. The molecule has 28 heavy (non-hydrogen) atoms. The van der Waals surface area contributed by atoms with E-state index >= 15 is 0 Å². The summed E-state index contributed by atoms with van der Waals surface area (Å²) in [6, 6.07) is 23.5. The molecule has 5 rings (SSSR count). The quantitative estimate of drug-likeness (QED) is 0.376. The molecule has 0 amide bonds. The molecule has 4 aromatic rings. The van der Waals surface area contributed by atoms with E-state index in [-0.39, 0.29) is 5.41 Å². The summed E-state index contributed by atoms with van der Waals surface area (Å²) in [5.74, 6) is 0. The number of rotatable bonds is 1. The second-order valence-electron chi connectivity index (χ2n) is 7.61. The predicted octanol–water partition coefficient (Wildman–Crippen LogP) is 6.56. The summed E-state index contributed by atoms with van der Waals surface area (Å²) in [5.41, 5.74) is 5.54. The molecule has 134 valence electrons. The van der Waals surface area contributed by atoms with Gasteiger partial charge in [0.1, 0.15) is 6.07 Å². The SMILES string of the molecule is CC1(C)c2cccc(C#N)c2Sc2c(-c3cccc4cnccc34)cccc21. The molecule has 0 saturated carbocycles. The van der Waals surface area contributed by atoms with Crippen molar-refractivity contribution in [2.24, 2.45) is 0 Å². The summed E-state index contributed by atoms with van der Waals surface area (Å²) >= 11 is 1.73. The van der Waals surface area contributed by atoms with E-state index in [0.717, 1.165) is 15.8 Å².